The van der Waals surface area contributed by atoms with Crippen LogP contribution in [0.3, 0.4) is 0 Å². The fraction of sp³-hybridized carbons (Fsp3) is 0.385. The quantitative estimate of drug-likeness (QED) is 0.748. The van der Waals surface area contributed by atoms with Gasteiger partial charge in [-0.3, -0.25) is 0 Å². The zero-order valence-electron chi connectivity index (χ0n) is 9.83. The van der Waals surface area contributed by atoms with E-state index in [-0.39, 0.29) is 6.61 Å². The number of hydrogen-bond acceptors (Lipinski definition) is 2. The van der Waals surface area contributed by atoms with Gasteiger partial charge in [-0.15, -0.1) is 0 Å². The summed E-state index contributed by atoms with van der Waals surface area (Å²) < 4.78 is 0. The molecule has 0 unspecified atom stereocenters. The van der Waals surface area contributed by atoms with Gasteiger partial charge in [-0.25, -0.2) is 0 Å². The normalized spacial score (nSPS) is 10.5. The average molecular weight is 207 g/mol. The predicted octanol–water partition coefficient (Wildman–Crippen LogP) is 3.08. The monoisotopic (exact) mass is 207 g/mol. The van der Waals surface area contributed by atoms with Gasteiger partial charge < -0.3 is 10.8 Å². The molecule has 0 saturated heterocycles. The minimum absolute atomic E-state index is 0.126. The number of nitrogen functional groups attached to an aromatic ring is 1. The fourth-order valence-electron chi connectivity index (χ4n) is 1.09. The Balaban J connectivity index is 0.000000921. The largest absolute Gasteiger partial charge is 0.399 e. The average Bonchev–Trinajstić information content (AvgIpc) is 2.31. The van der Waals surface area contributed by atoms with E-state index in [1.807, 2.05) is 51.1 Å². The number of nitrogens with two attached hydrogens (primary N) is 1. The zero-order valence-corrected chi connectivity index (χ0v) is 9.83. The lowest BCUT2D eigenvalue weighted by atomic mass is 10.1. The maximum atomic E-state index is 8.95. The summed E-state index contributed by atoms with van der Waals surface area (Å²) >= 11 is 0. The Hall–Kier alpha value is -1.28. The highest BCUT2D eigenvalue weighted by Crippen LogP contribution is 2.11. The molecule has 1 aromatic rings. The Labute approximate surface area is 92.4 Å². The van der Waals surface area contributed by atoms with Gasteiger partial charge in [0.1, 0.15) is 0 Å². The lowest BCUT2D eigenvalue weighted by Gasteiger charge is -2.00. The summed E-state index contributed by atoms with van der Waals surface area (Å²) in [7, 11) is 0. The lowest BCUT2D eigenvalue weighted by Crippen LogP contribution is -1.88. The van der Waals surface area contributed by atoms with Crippen molar-refractivity contribution in [1.29, 1.82) is 0 Å². The molecular formula is C13H21NO. The van der Waals surface area contributed by atoms with Gasteiger partial charge in [0, 0.05) is 5.69 Å². The van der Waals surface area contributed by atoms with Gasteiger partial charge in [-0.05, 0) is 29.7 Å². The van der Waals surface area contributed by atoms with Crippen molar-refractivity contribution < 1.29 is 5.11 Å². The molecule has 0 heterocycles. The molecule has 84 valence electrons. The topological polar surface area (TPSA) is 46.2 Å². The van der Waals surface area contributed by atoms with Crippen molar-refractivity contribution in [3.63, 3.8) is 0 Å². The van der Waals surface area contributed by atoms with Crippen LogP contribution in [0.15, 0.2) is 29.8 Å². The number of anilines is 1. The van der Waals surface area contributed by atoms with E-state index in [1.165, 1.54) is 0 Å². The third-order valence-electron chi connectivity index (χ3n) is 1.96. The maximum Gasteiger partial charge on any atom is 0.0644 e. The lowest BCUT2D eigenvalue weighted by molar-refractivity contribution is 0.329. The van der Waals surface area contributed by atoms with Crippen molar-refractivity contribution in [1.82, 2.24) is 0 Å². The Morgan fingerprint density at radius 1 is 1.27 bits per heavy atom. The Kier molecular flexibility index (Phi) is 7.38. The summed E-state index contributed by atoms with van der Waals surface area (Å²) in [5, 5.41) is 8.95. The van der Waals surface area contributed by atoms with Crippen LogP contribution in [0, 0.1) is 0 Å². The van der Waals surface area contributed by atoms with Gasteiger partial charge in [-0.2, -0.15) is 0 Å². The summed E-state index contributed by atoms with van der Waals surface area (Å²) in [5.74, 6) is 0. The number of hydrogen-bond donors (Lipinski definition) is 2. The highest BCUT2D eigenvalue weighted by Gasteiger charge is 1.92. The molecule has 0 aliphatic rings. The van der Waals surface area contributed by atoms with Crippen molar-refractivity contribution in [2.45, 2.75) is 27.2 Å². The molecule has 0 amide bonds. The van der Waals surface area contributed by atoms with Crippen molar-refractivity contribution >= 4 is 11.8 Å². The van der Waals surface area contributed by atoms with Crippen LogP contribution in [0.4, 0.5) is 5.69 Å². The van der Waals surface area contributed by atoms with Crippen molar-refractivity contribution in [3.05, 3.63) is 35.4 Å². The van der Waals surface area contributed by atoms with E-state index in [2.05, 4.69) is 0 Å². The molecule has 0 aliphatic heterocycles. The van der Waals surface area contributed by atoms with Crippen LogP contribution in [0.25, 0.3) is 6.08 Å². The minimum atomic E-state index is 0.126. The van der Waals surface area contributed by atoms with E-state index in [4.69, 9.17) is 10.8 Å². The fourth-order valence-corrected chi connectivity index (χ4v) is 1.09. The first-order chi connectivity index (χ1) is 7.26. The van der Waals surface area contributed by atoms with Crippen molar-refractivity contribution in [2.75, 3.05) is 12.3 Å². The molecule has 0 aliphatic carbocycles. The van der Waals surface area contributed by atoms with E-state index >= 15 is 0 Å². The third kappa shape index (κ3) is 5.23. The molecule has 0 aromatic heterocycles. The summed E-state index contributed by atoms with van der Waals surface area (Å²) in [6.07, 6.45) is 2.86. The second-order valence-corrected chi connectivity index (χ2v) is 2.98. The molecule has 2 nitrogen and oxygen atoms in total. The van der Waals surface area contributed by atoms with Crippen molar-refractivity contribution in [2.24, 2.45) is 0 Å². The molecule has 0 atom stereocenters. The van der Waals surface area contributed by atoms with E-state index in [0.29, 0.717) is 0 Å². The minimum Gasteiger partial charge on any atom is -0.399 e. The van der Waals surface area contributed by atoms with Crippen LogP contribution in [0.1, 0.15) is 32.8 Å². The first-order valence-electron chi connectivity index (χ1n) is 5.42. The van der Waals surface area contributed by atoms with Crippen LogP contribution in [0.2, 0.25) is 0 Å². The predicted molar refractivity (Wildman–Crippen MR) is 67.6 cm³/mol. The molecule has 1 aromatic carbocycles. The SMILES string of the molecule is CC.CC/C(=C\c1ccc(N)cc1)CO. The molecule has 0 radical (unpaired) electrons. The number of rotatable bonds is 3. The highest BCUT2D eigenvalue weighted by molar-refractivity contribution is 5.56. The Bertz CT molecular complexity index is 282. The van der Waals surface area contributed by atoms with E-state index in [1.54, 1.807) is 0 Å². The van der Waals surface area contributed by atoms with Crippen LogP contribution in [-0.2, 0) is 0 Å². The number of aliphatic hydroxyl groups excluding tert-OH is 1. The van der Waals surface area contributed by atoms with Crippen LogP contribution < -0.4 is 5.73 Å². The van der Waals surface area contributed by atoms with Gasteiger partial charge in [0.25, 0.3) is 0 Å². The van der Waals surface area contributed by atoms with E-state index < -0.39 is 0 Å². The number of benzene rings is 1. The molecule has 0 saturated carbocycles. The maximum absolute atomic E-state index is 8.95. The third-order valence-corrected chi connectivity index (χ3v) is 1.96. The summed E-state index contributed by atoms with van der Waals surface area (Å²) in [6, 6.07) is 7.61. The van der Waals surface area contributed by atoms with Gasteiger partial charge in [0.2, 0.25) is 0 Å². The van der Waals surface area contributed by atoms with Gasteiger partial charge in [0.05, 0.1) is 6.61 Å². The van der Waals surface area contributed by atoms with Gasteiger partial charge >= 0.3 is 0 Å². The Morgan fingerprint density at radius 2 is 1.80 bits per heavy atom. The Morgan fingerprint density at radius 3 is 2.20 bits per heavy atom. The van der Waals surface area contributed by atoms with E-state index in [0.717, 1.165) is 23.2 Å². The first kappa shape index (κ1) is 13.7. The van der Waals surface area contributed by atoms with Crippen LogP contribution in [0.5, 0.6) is 0 Å². The number of aliphatic hydroxyl groups is 1. The molecule has 0 bridgehead atoms. The molecule has 1 rings (SSSR count). The first-order valence-corrected chi connectivity index (χ1v) is 5.42. The smallest absolute Gasteiger partial charge is 0.0644 e. The van der Waals surface area contributed by atoms with E-state index in [9.17, 15) is 0 Å². The molecule has 0 fully saturated rings. The zero-order chi connectivity index (χ0) is 11.7. The molecular weight excluding hydrogens is 186 g/mol. The summed E-state index contributed by atoms with van der Waals surface area (Å²) in [4.78, 5) is 0. The second kappa shape index (κ2) is 8.06. The highest BCUT2D eigenvalue weighted by atomic mass is 16.3. The second-order valence-electron chi connectivity index (χ2n) is 2.98. The van der Waals surface area contributed by atoms with Crippen LogP contribution >= 0.6 is 0 Å². The molecule has 0 spiro atoms. The van der Waals surface area contributed by atoms with Crippen LogP contribution in [-0.4, -0.2) is 11.7 Å². The summed E-state index contributed by atoms with van der Waals surface area (Å²) in [6.45, 7) is 6.15. The van der Waals surface area contributed by atoms with Crippen molar-refractivity contribution in [3.8, 4) is 0 Å². The van der Waals surface area contributed by atoms with Gasteiger partial charge in [0.15, 0.2) is 0 Å². The molecule has 3 N–H and O–H groups in total. The molecule has 15 heavy (non-hydrogen) atoms. The van der Waals surface area contributed by atoms with Gasteiger partial charge in [-0.1, -0.05) is 39.0 Å². The molecule has 2 heteroatoms. The standard InChI is InChI=1S/C11H15NO.C2H6/c1-2-9(8-13)7-10-3-5-11(12)6-4-10;1-2/h3-7,13H,2,8,12H2,1H3;1-2H3/b9-7+;. The summed E-state index contributed by atoms with van der Waals surface area (Å²) in [5.41, 5.74) is 8.43.